The van der Waals surface area contributed by atoms with Crippen molar-refractivity contribution in [2.75, 3.05) is 25.7 Å². The number of hydrogen-bond acceptors (Lipinski definition) is 8. The lowest BCUT2D eigenvalue weighted by Crippen LogP contribution is -2.29. The van der Waals surface area contributed by atoms with Gasteiger partial charge in [0.1, 0.15) is 17.3 Å². The fourth-order valence-corrected chi connectivity index (χ4v) is 3.96. The van der Waals surface area contributed by atoms with Crippen molar-refractivity contribution in [2.45, 2.75) is 26.3 Å². The van der Waals surface area contributed by atoms with Crippen molar-refractivity contribution in [3.05, 3.63) is 71.0 Å². The van der Waals surface area contributed by atoms with Crippen LogP contribution in [0.2, 0.25) is 0 Å². The Bertz CT molecular complexity index is 1280. The van der Waals surface area contributed by atoms with Gasteiger partial charge in [0.05, 0.1) is 32.4 Å². The van der Waals surface area contributed by atoms with Gasteiger partial charge in [-0.3, -0.25) is 14.5 Å². The topological polar surface area (TPSA) is 111 Å². The molecule has 1 saturated heterocycles. The second-order valence-corrected chi connectivity index (χ2v) is 7.95. The Morgan fingerprint density at radius 3 is 2.37 bits per heavy atom. The van der Waals surface area contributed by atoms with E-state index in [2.05, 4.69) is 5.16 Å². The average Bonchev–Trinajstić information content (AvgIpc) is 3.42. The Labute approximate surface area is 202 Å². The van der Waals surface area contributed by atoms with Crippen LogP contribution in [0.3, 0.4) is 0 Å². The third-order valence-corrected chi connectivity index (χ3v) is 5.63. The molecule has 1 aliphatic heterocycles. The monoisotopic (exact) mass is 478 g/mol. The minimum Gasteiger partial charge on any atom is -0.507 e. The summed E-state index contributed by atoms with van der Waals surface area (Å²) in [5.74, 6) is 0.128. The number of Topliss-reactive ketones (excluding diaryl/α,β-unsaturated/α-hetero) is 1. The van der Waals surface area contributed by atoms with Crippen molar-refractivity contribution >= 4 is 23.3 Å². The number of ketones is 1. The maximum absolute atomic E-state index is 13.2. The Balaban J connectivity index is 1.87. The molecule has 9 heteroatoms. The zero-order valence-corrected chi connectivity index (χ0v) is 19.9. The molecule has 0 bridgehead atoms. The van der Waals surface area contributed by atoms with Crippen LogP contribution < -0.4 is 19.1 Å². The van der Waals surface area contributed by atoms with Gasteiger partial charge in [-0.05, 0) is 49.2 Å². The highest BCUT2D eigenvalue weighted by atomic mass is 16.5. The number of carbonyl (C=O) groups is 2. The minimum atomic E-state index is -0.937. The van der Waals surface area contributed by atoms with E-state index in [4.69, 9.17) is 18.7 Å². The molecule has 0 spiro atoms. The van der Waals surface area contributed by atoms with Crippen LogP contribution in [0.5, 0.6) is 17.2 Å². The standard InChI is InChI=1S/C26H26N2O7/c1-5-12-34-18-9-6-16(7-10-18)23-22(24(29)17-8-11-19(32-3)20(14-17)33-4)25(30)26(31)28(23)21-13-15(2)35-27-21/h6-11,13-14,23,29H,5,12H2,1-4H3/b24-22+/t23-/m0/s1. The van der Waals surface area contributed by atoms with Crippen LogP contribution in [0.1, 0.15) is 36.3 Å². The number of aryl methyl sites for hydroxylation is 1. The van der Waals surface area contributed by atoms with E-state index in [-0.39, 0.29) is 17.2 Å². The fraction of sp³-hybridized carbons (Fsp3) is 0.269. The molecule has 2 aromatic carbocycles. The van der Waals surface area contributed by atoms with Crippen LogP contribution in [-0.2, 0) is 9.59 Å². The number of aliphatic hydroxyl groups is 1. The van der Waals surface area contributed by atoms with Crippen molar-refractivity contribution in [1.29, 1.82) is 0 Å². The van der Waals surface area contributed by atoms with Gasteiger partial charge in [0.25, 0.3) is 5.78 Å². The molecule has 0 saturated carbocycles. The van der Waals surface area contributed by atoms with Gasteiger partial charge in [0.15, 0.2) is 17.3 Å². The molecular weight excluding hydrogens is 452 g/mol. The average molecular weight is 479 g/mol. The molecule has 1 N–H and O–H groups in total. The van der Waals surface area contributed by atoms with Crippen LogP contribution in [0, 0.1) is 6.92 Å². The summed E-state index contributed by atoms with van der Waals surface area (Å²) in [5.41, 5.74) is 0.811. The number of aromatic nitrogens is 1. The van der Waals surface area contributed by atoms with Crippen molar-refractivity contribution in [3.8, 4) is 17.2 Å². The highest BCUT2D eigenvalue weighted by molar-refractivity contribution is 6.51. The normalized spacial score (nSPS) is 17.0. The maximum atomic E-state index is 13.2. The second kappa shape index (κ2) is 9.92. The Hall–Kier alpha value is -4.27. The number of aliphatic hydroxyl groups excluding tert-OH is 1. The third-order valence-electron chi connectivity index (χ3n) is 5.63. The lowest BCUT2D eigenvalue weighted by molar-refractivity contribution is -0.132. The van der Waals surface area contributed by atoms with Gasteiger partial charge in [0.2, 0.25) is 0 Å². The number of anilines is 1. The third kappa shape index (κ3) is 4.44. The lowest BCUT2D eigenvalue weighted by Gasteiger charge is -2.23. The number of methoxy groups -OCH3 is 2. The van der Waals surface area contributed by atoms with Crippen molar-refractivity contribution < 1.29 is 33.4 Å². The van der Waals surface area contributed by atoms with Crippen LogP contribution in [0.25, 0.3) is 5.76 Å². The maximum Gasteiger partial charge on any atom is 0.301 e. The van der Waals surface area contributed by atoms with E-state index in [0.29, 0.717) is 40.7 Å². The van der Waals surface area contributed by atoms with Gasteiger partial charge in [-0.2, -0.15) is 0 Å². The largest absolute Gasteiger partial charge is 0.507 e. The Kier molecular flexibility index (Phi) is 6.77. The predicted molar refractivity (Wildman–Crippen MR) is 128 cm³/mol. The van der Waals surface area contributed by atoms with Gasteiger partial charge in [-0.15, -0.1) is 0 Å². The molecular formula is C26H26N2O7. The van der Waals surface area contributed by atoms with Gasteiger partial charge >= 0.3 is 5.91 Å². The van der Waals surface area contributed by atoms with Crippen molar-refractivity contribution in [3.63, 3.8) is 0 Å². The van der Waals surface area contributed by atoms with E-state index in [1.165, 1.54) is 19.1 Å². The number of hydrogen-bond donors (Lipinski definition) is 1. The quantitative estimate of drug-likeness (QED) is 0.288. The predicted octanol–water partition coefficient (Wildman–Crippen LogP) is 4.42. The van der Waals surface area contributed by atoms with Crippen LogP contribution in [-0.4, -0.2) is 42.8 Å². The lowest BCUT2D eigenvalue weighted by atomic mass is 9.95. The Morgan fingerprint density at radius 1 is 1.06 bits per heavy atom. The van der Waals surface area contributed by atoms with Crippen LogP contribution in [0.4, 0.5) is 5.82 Å². The first-order chi connectivity index (χ1) is 16.9. The van der Waals surface area contributed by atoms with Crippen LogP contribution >= 0.6 is 0 Å². The minimum absolute atomic E-state index is 0.0786. The molecule has 2 heterocycles. The highest BCUT2D eigenvalue weighted by Gasteiger charge is 2.48. The molecule has 1 aromatic heterocycles. The van der Waals surface area contributed by atoms with Gasteiger partial charge < -0.3 is 23.8 Å². The molecule has 0 unspecified atom stereocenters. The zero-order chi connectivity index (χ0) is 25.1. The molecule has 1 fully saturated rings. The molecule has 0 aliphatic carbocycles. The summed E-state index contributed by atoms with van der Waals surface area (Å²) in [5, 5.41) is 15.2. The molecule has 1 atom stereocenters. The molecule has 35 heavy (non-hydrogen) atoms. The fourth-order valence-electron chi connectivity index (χ4n) is 3.96. The Morgan fingerprint density at radius 2 is 1.77 bits per heavy atom. The summed E-state index contributed by atoms with van der Waals surface area (Å²) < 4.78 is 21.4. The molecule has 4 rings (SSSR count). The highest BCUT2D eigenvalue weighted by Crippen LogP contribution is 2.43. The van der Waals surface area contributed by atoms with Crippen molar-refractivity contribution in [2.24, 2.45) is 0 Å². The SMILES string of the molecule is CCCOc1ccc([C@H]2/C(=C(\O)c3ccc(OC)c(OC)c3)C(=O)C(=O)N2c2cc(C)on2)cc1. The molecule has 1 amide bonds. The number of ether oxygens (including phenoxy) is 3. The number of rotatable bonds is 8. The number of benzene rings is 2. The van der Waals surface area contributed by atoms with E-state index >= 15 is 0 Å². The van der Waals surface area contributed by atoms with E-state index in [1.54, 1.807) is 55.5 Å². The van der Waals surface area contributed by atoms with E-state index < -0.39 is 17.7 Å². The number of amides is 1. The first-order valence-electron chi connectivity index (χ1n) is 11.1. The number of nitrogens with zero attached hydrogens (tertiary/aromatic N) is 2. The summed E-state index contributed by atoms with van der Waals surface area (Å²) in [6.45, 7) is 4.26. The first kappa shape index (κ1) is 23.9. The zero-order valence-electron chi connectivity index (χ0n) is 19.9. The molecule has 9 nitrogen and oxygen atoms in total. The smallest absolute Gasteiger partial charge is 0.301 e. The summed E-state index contributed by atoms with van der Waals surface area (Å²) in [7, 11) is 2.96. The first-order valence-corrected chi connectivity index (χ1v) is 11.1. The summed E-state index contributed by atoms with van der Waals surface area (Å²) >= 11 is 0. The molecule has 3 aromatic rings. The van der Waals surface area contributed by atoms with Crippen LogP contribution in [0.15, 0.2) is 58.6 Å². The van der Waals surface area contributed by atoms with Gasteiger partial charge in [0, 0.05) is 11.6 Å². The summed E-state index contributed by atoms with van der Waals surface area (Å²) in [6.07, 6.45) is 0.860. The molecule has 1 aliphatic rings. The molecule has 0 radical (unpaired) electrons. The summed E-state index contributed by atoms with van der Waals surface area (Å²) in [4.78, 5) is 27.6. The number of carbonyl (C=O) groups excluding carboxylic acids is 2. The van der Waals surface area contributed by atoms with Gasteiger partial charge in [-0.1, -0.05) is 24.2 Å². The molecule has 182 valence electrons. The van der Waals surface area contributed by atoms with Crippen molar-refractivity contribution in [1.82, 2.24) is 5.16 Å². The summed E-state index contributed by atoms with van der Waals surface area (Å²) in [6, 6.07) is 12.4. The van der Waals surface area contributed by atoms with E-state index in [9.17, 15) is 14.7 Å². The van der Waals surface area contributed by atoms with E-state index in [0.717, 1.165) is 6.42 Å². The van der Waals surface area contributed by atoms with E-state index in [1.807, 2.05) is 6.92 Å². The second-order valence-electron chi connectivity index (χ2n) is 7.95. The van der Waals surface area contributed by atoms with Gasteiger partial charge in [-0.25, -0.2) is 0 Å².